The number of hydrogen-bond donors (Lipinski definition) is 1. The van der Waals surface area contributed by atoms with Crippen LogP contribution >= 0.6 is 0 Å². The Bertz CT molecular complexity index is 301. The van der Waals surface area contributed by atoms with Gasteiger partial charge < -0.3 is 5.32 Å². The van der Waals surface area contributed by atoms with E-state index < -0.39 is 0 Å². The van der Waals surface area contributed by atoms with Gasteiger partial charge in [-0.25, -0.2) is 0 Å². The Morgan fingerprint density at radius 3 is 2.93 bits per heavy atom. The summed E-state index contributed by atoms with van der Waals surface area (Å²) in [6.07, 6.45) is 4.49. The largest absolute Gasteiger partial charge is 0.310 e. The number of rotatable bonds is 1. The monoisotopic (exact) mass is 190 g/mol. The summed E-state index contributed by atoms with van der Waals surface area (Å²) in [6.45, 7) is 5.50. The van der Waals surface area contributed by atoms with E-state index in [0.29, 0.717) is 6.04 Å². The molecule has 2 nitrogen and oxygen atoms in total. The lowest BCUT2D eigenvalue weighted by atomic mass is 9.92. The molecule has 1 aromatic rings. The summed E-state index contributed by atoms with van der Waals surface area (Å²) < 4.78 is 0. The molecule has 2 heteroatoms. The second-order valence-corrected chi connectivity index (χ2v) is 4.37. The molecule has 1 aliphatic rings. The van der Waals surface area contributed by atoms with Gasteiger partial charge in [0.05, 0.1) is 0 Å². The second-order valence-electron chi connectivity index (χ2n) is 4.37. The summed E-state index contributed by atoms with van der Waals surface area (Å²) in [4.78, 5) is 4.22. The SMILES string of the molecule is Cc1cc([C@@H]2CC[C@@H](C)CN2)ccn1. The molecule has 0 radical (unpaired) electrons. The van der Waals surface area contributed by atoms with Gasteiger partial charge in [-0.2, -0.15) is 0 Å². The lowest BCUT2D eigenvalue weighted by Crippen LogP contribution is -2.31. The predicted molar refractivity (Wildman–Crippen MR) is 58.1 cm³/mol. The molecule has 0 aromatic carbocycles. The number of piperidine rings is 1. The highest BCUT2D eigenvalue weighted by Gasteiger charge is 2.18. The molecule has 2 atom stereocenters. The highest BCUT2D eigenvalue weighted by Crippen LogP contribution is 2.25. The summed E-state index contributed by atoms with van der Waals surface area (Å²) in [5.41, 5.74) is 2.51. The fraction of sp³-hybridized carbons (Fsp3) is 0.583. The third-order valence-electron chi connectivity index (χ3n) is 2.98. The van der Waals surface area contributed by atoms with Crippen molar-refractivity contribution < 1.29 is 0 Å². The van der Waals surface area contributed by atoms with Crippen molar-refractivity contribution in [2.75, 3.05) is 6.54 Å². The van der Waals surface area contributed by atoms with Gasteiger partial charge in [-0.05, 0) is 49.9 Å². The van der Waals surface area contributed by atoms with Crippen LogP contribution in [0.15, 0.2) is 18.3 Å². The Hall–Kier alpha value is -0.890. The van der Waals surface area contributed by atoms with Gasteiger partial charge in [-0.1, -0.05) is 6.92 Å². The van der Waals surface area contributed by atoms with E-state index in [9.17, 15) is 0 Å². The summed E-state index contributed by atoms with van der Waals surface area (Å²) in [6, 6.07) is 4.86. The van der Waals surface area contributed by atoms with Gasteiger partial charge in [0.25, 0.3) is 0 Å². The minimum atomic E-state index is 0.549. The van der Waals surface area contributed by atoms with Crippen molar-refractivity contribution in [1.82, 2.24) is 10.3 Å². The van der Waals surface area contributed by atoms with Crippen molar-refractivity contribution in [3.05, 3.63) is 29.6 Å². The van der Waals surface area contributed by atoms with Gasteiger partial charge >= 0.3 is 0 Å². The van der Waals surface area contributed by atoms with Crippen LogP contribution in [-0.4, -0.2) is 11.5 Å². The molecule has 1 fully saturated rings. The van der Waals surface area contributed by atoms with Crippen molar-refractivity contribution in [3.8, 4) is 0 Å². The fourth-order valence-corrected chi connectivity index (χ4v) is 2.07. The maximum absolute atomic E-state index is 4.22. The number of nitrogens with zero attached hydrogens (tertiary/aromatic N) is 1. The molecule has 1 saturated heterocycles. The Kier molecular flexibility index (Phi) is 2.82. The number of pyridine rings is 1. The predicted octanol–water partition coefficient (Wildman–Crippen LogP) is 2.45. The smallest absolute Gasteiger partial charge is 0.0375 e. The molecule has 2 rings (SSSR count). The quantitative estimate of drug-likeness (QED) is 0.735. The van der Waals surface area contributed by atoms with Crippen molar-refractivity contribution in [1.29, 1.82) is 0 Å². The number of hydrogen-bond acceptors (Lipinski definition) is 2. The molecule has 0 saturated carbocycles. The Labute approximate surface area is 85.7 Å². The number of aryl methyl sites for hydroxylation is 1. The van der Waals surface area contributed by atoms with Crippen LogP contribution < -0.4 is 5.32 Å². The third kappa shape index (κ3) is 2.13. The van der Waals surface area contributed by atoms with Crippen molar-refractivity contribution >= 4 is 0 Å². The van der Waals surface area contributed by atoms with Crippen LogP contribution in [0.2, 0.25) is 0 Å². The number of nitrogens with one attached hydrogen (secondary N) is 1. The average Bonchev–Trinajstić information content (AvgIpc) is 2.19. The Morgan fingerprint density at radius 2 is 2.29 bits per heavy atom. The van der Waals surface area contributed by atoms with Gasteiger partial charge in [0.1, 0.15) is 0 Å². The van der Waals surface area contributed by atoms with Crippen LogP contribution in [0.4, 0.5) is 0 Å². The van der Waals surface area contributed by atoms with E-state index in [-0.39, 0.29) is 0 Å². The molecule has 14 heavy (non-hydrogen) atoms. The fourth-order valence-electron chi connectivity index (χ4n) is 2.07. The van der Waals surface area contributed by atoms with Gasteiger partial charge in [0, 0.05) is 17.9 Å². The van der Waals surface area contributed by atoms with Crippen molar-refractivity contribution in [2.45, 2.75) is 32.7 Å². The van der Waals surface area contributed by atoms with E-state index in [1.54, 1.807) is 0 Å². The standard InChI is InChI=1S/C12H18N2/c1-9-3-4-12(14-8-9)11-5-6-13-10(2)7-11/h5-7,9,12,14H,3-4,8H2,1-2H3/t9-,12+/m1/s1. The van der Waals surface area contributed by atoms with Crippen LogP contribution in [-0.2, 0) is 0 Å². The third-order valence-corrected chi connectivity index (χ3v) is 2.98. The maximum atomic E-state index is 4.22. The van der Waals surface area contributed by atoms with E-state index in [0.717, 1.165) is 18.2 Å². The molecule has 1 aromatic heterocycles. The maximum Gasteiger partial charge on any atom is 0.0375 e. The van der Waals surface area contributed by atoms with E-state index in [1.807, 2.05) is 6.20 Å². The zero-order chi connectivity index (χ0) is 9.97. The summed E-state index contributed by atoms with van der Waals surface area (Å²) in [7, 11) is 0. The molecular formula is C12H18N2. The summed E-state index contributed by atoms with van der Waals surface area (Å²) in [5.74, 6) is 0.828. The first kappa shape index (κ1) is 9.66. The molecule has 0 spiro atoms. The highest BCUT2D eigenvalue weighted by molar-refractivity contribution is 5.19. The first-order valence-electron chi connectivity index (χ1n) is 5.41. The average molecular weight is 190 g/mol. The van der Waals surface area contributed by atoms with Gasteiger partial charge in [-0.15, -0.1) is 0 Å². The molecule has 1 aliphatic heterocycles. The van der Waals surface area contributed by atoms with Crippen molar-refractivity contribution in [3.63, 3.8) is 0 Å². The van der Waals surface area contributed by atoms with Gasteiger partial charge in [0.2, 0.25) is 0 Å². The van der Waals surface area contributed by atoms with E-state index in [2.05, 4.69) is 36.3 Å². The van der Waals surface area contributed by atoms with Gasteiger partial charge in [0.15, 0.2) is 0 Å². The molecule has 0 unspecified atom stereocenters. The molecular weight excluding hydrogens is 172 g/mol. The van der Waals surface area contributed by atoms with Crippen LogP contribution in [0.25, 0.3) is 0 Å². The molecule has 76 valence electrons. The topological polar surface area (TPSA) is 24.9 Å². The number of aromatic nitrogens is 1. The second kappa shape index (κ2) is 4.09. The van der Waals surface area contributed by atoms with Crippen LogP contribution in [0.5, 0.6) is 0 Å². The zero-order valence-electron chi connectivity index (χ0n) is 8.96. The van der Waals surface area contributed by atoms with Crippen LogP contribution in [0.1, 0.15) is 37.1 Å². The zero-order valence-corrected chi connectivity index (χ0v) is 8.96. The normalized spacial score (nSPS) is 27.6. The van der Waals surface area contributed by atoms with Gasteiger partial charge in [-0.3, -0.25) is 4.98 Å². The van der Waals surface area contributed by atoms with Crippen molar-refractivity contribution in [2.24, 2.45) is 5.92 Å². The highest BCUT2D eigenvalue weighted by atomic mass is 14.9. The summed E-state index contributed by atoms with van der Waals surface area (Å²) >= 11 is 0. The molecule has 0 bridgehead atoms. The molecule has 0 aliphatic carbocycles. The Morgan fingerprint density at radius 1 is 1.43 bits per heavy atom. The van der Waals surface area contributed by atoms with Crippen LogP contribution in [0, 0.1) is 12.8 Å². The summed E-state index contributed by atoms with van der Waals surface area (Å²) in [5, 5.41) is 3.58. The van der Waals surface area contributed by atoms with E-state index in [1.165, 1.54) is 18.4 Å². The lowest BCUT2D eigenvalue weighted by Gasteiger charge is -2.28. The lowest BCUT2D eigenvalue weighted by molar-refractivity contribution is 0.333. The molecule has 1 N–H and O–H groups in total. The first-order chi connectivity index (χ1) is 6.75. The minimum Gasteiger partial charge on any atom is -0.310 e. The van der Waals surface area contributed by atoms with Crippen LogP contribution in [0.3, 0.4) is 0 Å². The minimum absolute atomic E-state index is 0.549. The van der Waals surface area contributed by atoms with E-state index >= 15 is 0 Å². The molecule has 0 amide bonds. The molecule has 2 heterocycles. The first-order valence-corrected chi connectivity index (χ1v) is 5.41. The van der Waals surface area contributed by atoms with E-state index in [4.69, 9.17) is 0 Å². The Balaban J connectivity index is 2.08.